The first-order valence-electron chi connectivity index (χ1n) is 6.52. The van der Waals surface area contributed by atoms with Crippen molar-refractivity contribution >= 4 is 5.69 Å². The molecule has 2 aromatic rings. The average molecular weight is 256 g/mol. The predicted octanol–water partition coefficient (Wildman–Crippen LogP) is 3.37. The van der Waals surface area contributed by atoms with Gasteiger partial charge in [-0.1, -0.05) is 30.3 Å². The first kappa shape index (κ1) is 12.2. The average Bonchev–Trinajstić information content (AvgIpc) is 2.81. The minimum atomic E-state index is -0.192. The highest BCUT2D eigenvalue weighted by Gasteiger charge is 2.21. The number of hydrogen-bond acceptors (Lipinski definition) is 2. The molecule has 2 aromatic carbocycles. The summed E-state index contributed by atoms with van der Waals surface area (Å²) in [5.41, 5.74) is 9.81. The number of halogens is 1. The number of nitrogens with two attached hydrogens (primary N) is 1. The van der Waals surface area contributed by atoms with Gasteiger partial charge >= 0.3 is 0 Å². The summed E-state index contributed by atoms with van der Waals surface area (Å²) in [5, 5.41) is 0. The van der Waals surface area contributed by atoms with Crippen LogP contribution in [0.2, 0.25) is 0 Å². The summed E-state index contributed by atoms with van der Waals surface area (Å²) < 4.78 is 14.2. The van der Waals surface area contributed by atoms with Crippen LogP contribution >= 0.6 is 0 Å². The summed E-state index contributed by atoms with van der Waals surface area (Å²) in [6, 6.07) is 13.4. The fourth-order valence-electron chi connectivity index (χ4n) is 2.57. The van der Waals surface area contributed by atoms with Crippen molar-refractivity contribution < 1.29 is 4.39 Å². The molecule has 0 radical (unpaired) electrons. The molecule has 1 aliphatic heterocycles. The predicted molar refractivity (Wildman–Crippen MR) is 75.3 cm³/mol. The van der Waals surface area contributed by atoms with Crippen LogP contribution in [0.15, 0.2) is 42.5 Å². The molecule has 0 fully saturated rings. The first-order valence-corrected chi connectivity index (χ1v) is 6.52. The van der Waals surface area contributed by atoms with Crippen LogP contribution in [-0.4, -0.2) is 0 Å². The smallest absolute Gasteiger partial charge is 0.146 e. The van der Waals surface area contributed by atoms with Gasteiger partial charge in [-0.3, -0.25) is 0 Å². The third-order valence-electron chi connectivity index (χ3n) is 3.68. The molecule has 98 valence electrons. The monoisotopic (exact) mass is 256 g/mol. The second-order valence-electron chi connectivity index (χ2n) is 5.12. The van der Waals surface area contributed by atoms with Crippen LogP contribution in [0.5, 0.6) is 0 Å². The van der Waals surface area contributed by atoms with E-state index in [1.807, 2.05) is 31.2 Å². The normalized spacial score (nSPS) is 15.4. The van der Waals surface area contributed by atoms with Crippen LogP contribution in [0, 0.1) is 5.82 Å². The van der Waals surface area contributed by atoms with Crippen molar-refractivity contribution in [2.45, 2.75) is 26.1 Å². The van der Waals surface area contributed by atoms with E-state index in [1.165, 1.54) is 11.1 Å². The lowest BCUT2D eigenvalue weighted by Gasteiger charge is -2.19. The Labute approximate surface area is 112 Å². The van der Waals surface area contributed by atoms with E-state index in [0.29, 0.717) is 5.69 Å². The van der Waals surface area contributed by atoms with Crippen LogP contribution < -0.4 is 10.6 Å². The van der Waals surface area contributed by atoms with Gasteiger partial charge in [0.15, 0.2) is 0 Å². The van der Waals surface area contributed by atoms with E-state index in [2.05, 4.69) is 17.0 Å². The molecule has 1 atom stereocenters. The minimum Gasteiger partial charge on any atom is -0.360 e. The number of nitrogens with zero attached hydrogens (tertiary/aromatic N) is 1. The molecule has 0 amide bonds. The van der Waals surface area contributed by atoms with E-state index in [1.54, 1.807) is 6.07 Å². The molecule has 0 saturated heterocycles. The van der Waals surface area contributed by atoms with Crippen molar-refractivity contribution in [3.05, 3.63) is 65.0 Å². The molecular formula is C16H17FN2. The molecular weight excluding hydrogens is 239 g/mol. The van der Waals surface area contributed by atoms with Crippen LogP contribution in [0.4, 0.5) is 10.1 Å². The number of anilines is 1. The van der Waals surface area contributed by atoms with E-state index < -0.39 is 0 Å². The highest BCUT2D eigenvalue weighted by atomic mass is 19.1. The van der Waals surface area contributed by atoms with E-state index in [9.17, 15) is 4.39 Å². The summed E-state index contributed by atoms with van der Waals surface area (Å²) >= 11 is 0. The summed E-state index contributed by atoms with van der Waals surface area (Å²) in [6.07, 6.45) is 0. The Morgan fingerprint density at radius 3 is 2.26 bits per heavy atom. The Kier molecular flexibility index (Phi) is 2.99. The molecule has 2 N–H and O–H groups in total. The Morgan fingerprint density at radius 2 is 1.74 bits per heavy atom. The van der Waals surface area contributed by atoms with Gasteiger partial charge in [-0.15, -0.1) is 0 Å². The largest absolute Gasteiger partial charge is 0.360 e. The summed E-state index contributed by atoms with van der Waals surface area (Å²) in [4.78, 5) is 2.06. The van der Waals surface area contributed by atoms with Gasteiger partial charge < -0.3 is 10.6 Å². The van der Waals surface area contributed by atoms with Crippen LogP contribution in [0.3, 0.4) is 0 Å². The summed E-state index contributed by atoms with van der Waals surface area (Å²) in [5.74, 6) is -0.192. The molecule has 2 nitrogen and oxygen atoms in total. The van der Waals surface area contributed by atoms with Crippen molar-refractivity contribution in [1.82, 2.24) is 0 Å². The van der Waals surface area contributed by atoms with Gasteiger partial charge in [0, 0.05) is 19.1 Å². The molecule has 0 unspecified atom stereocenters. The second kappa shape index (κ2) is 4.67. The van der Waals surface area contributed by atoms with Crippen molar-refractivity contribution in [1.29, 1.82) is 0 Å². The molecule has 1 heterocycles. The fourth-order valence-corrected chi connectivity index (χ4v) is 2.57. The fraction of sp³-hybridized carbons (Fsp3) is 0.250. The molecule has 0 aliphatic carbocycles. The maximum Gasteiger partial charge on any atom is 0.146 e. The highest BCUT2D eigenvalue weighted by Crippen LogP contribution is 2.30. The van der Waals surface area contributed by atoms with Crippen LogP contribution in [-0.2, 0) is 13.1 Å². The van der Waals surface area contributed by atoms with Gasteiger partial charge in [0.25, 0.3) is 0 Å². The molecule has 0 bridgehead atoms. The third kappa shape index (κ3) is 2.22. The lowest BCUT2D eigenvalue weighted by atomic mass is 10.1. The zero-order chi connectivity index (χ0) is 13.4. The maximum atomic E-state index is 14.2. The van der Waals surface area contributed by atoms with Crippen molar-refractivity contribution in [3.63, 3.8) is 0 Å². The van der Waals surface area contributed by atoms with Gasteiger partial charge in [0.1, 0.15) is 5.82 Å². The number of fused-ring (bicyclic) bond motifs is 1. The number of hydrogen-bond donors (Lipinski definition) is 1. The molecule has 19 heavy (non-hydrogen) atoms. The number of rotatable bonds is 2. The Balaban J connectivity index is 1.89. The van der Waals surface area contributed by atoms with Crippen molar-refractivity contribution in [2.24, 2.45) is 5.73 Å². The standard InChI is InChI=1S/C16H17FN2/c1-11(18)12-6-7-16(15(17)8-12)19-9-13-4-2-3-5-14(13)10-19/h2-8,11H,9-10,18H2,1H3/t11-/m0/s1. The van der Waals surface area contributed by atoms with Gasteiger partial charge in [-0.2, -0.15) is 0 Å². The SMILES string of the molecule is C[C@H](N)c1ccc(N2Cc3ccccc3C2)c(F)c1. The topological polar surface area (TPSA) is 29.3 Å². The quantitative estimate of drug-likeness (QED) is 0.892. The Hall–Kier alpha value is -1.87. The van der Waals surface area contributed by atoms with Crippen LogP contribution in [0.25, 0.3) is 0 Å². The van der Waals surface area contributed by atoms with Crippen LogP contribution in [0.1, 0.15) is 29.7 Å². The van der Waals surface area contributed by atoms with E-state index in [0.717, 1.165) is 18.7 Å². The third-order valence-corrected chi connectivity index (χ3v) is 3.68. The second-order valence-corrected chi connectivity index (χ2v) is 5.12. The minimum absolute atomic E-state index is 0.140. The van der Waals surface area contributed by atoms with E-state index in [4.69, 9.17) is 5.73 Å². The lowest BCUT2D eigenvalue weighted by molar-refractivity contribution is 0.614. The molecule has 3 rings (SSSR count). The zero-order valence-electron chi connectivity index (χ0n) is 10.9. The molecule has 0 saturated carbocycles. The lowest BCUT2D eigenvalue weighted by Crippen LogP contribution is -2.16. The molecule has 1 aliphatic rings. The van der Waals surface area contributed by atoms with Gasteiger partial charge in [-0.05, 0) is 35.7 Å². The highest BCUT2D eigenvalue weighted by molar-refractivity contribution is 5.53. The van der Waals surface area contributed by atoms with Crippen molar-refractivity contribution in [3.8, 4) is 0 Å². The number of benzene rings is 2. The molecule has 0 aromatic heterocycles. The zero-order valence-corrected chi connectivity index (χ0v) is 10.9. The Bertz CT molecular complexity index is 582. The Morgan fingerprint density at radius 1 is 1.11 bits per heavy atom. The maximum absolute atomic E-state index is 14.2. The first-order chi connectivity index (χ1) is 9.15. The van der Waals surface area contributed by atoms with Gasteiger partial charge in [-0.25, -0.2) is 4.39 Å². The van der Waals surface area contributed by atoms with E-state index >= 15 is 0 Å². The molecule has 3 heteroatoms. The molecule has 0 spiro atoms. The van der Waals surface area contributed by atoms with Gasteiger partial charge in [0.2, 0.25) is 0 Å². The van der Waals surface area contributed by atoms with Crippen molar-refractivity contribution in [2.75, 3.05) is 4.90 Å². The summed E-state index contributed by atoms with van der Waals surface area (Å²) in [6.45, 7) is 3.40. The van der Waals surface area contributed by atoms with E-state index in [-0.39, 0.29) is 11.9 Å². The summed E-state index contributed by atoms with van der Waals surface area (Å²) in [7, 11) is 0. The van der Waals surface area contributed by atoms with Gasteiger partial charge in [0.05, 0.1) is 5.69 Å².